The Morgan fingerprint density at radius 2 is 1.95 bits per heavy atom. The van der Waals surface area contributed by atoms with Crippen molar-refractivity contribution in [2.45, 2.75) is 39.2 Å². The summed E-state index contributed by atoms with van der Waals surface area (Å²) in [5.74, 6) is 0. The molecule has 0 spiro atoms. The molecular weight excluding hydrogens is 260 g/mol. The van der Waals surface area contributed by atoms with Gasteiger partial charge >= 0.3 is 0 Å². The van der Waals surface area contributed by atoms with E-state index >= 15 is 0 Å². The van der Waals surface area contributed by atoms with Gasteiger partial charge < -0.3 is 10.1 Å². The van der Waals surface area contributed by atoms with Crippen molar-refractivity contribution in [3.8, 4) is 0 Å². The third kappa shape index (κ3) is 4.51. The number of benzene rings is 1. The normalized spacial score (nSPS) is 12.7. The summed E-state index contributed by atoms with van der Waals surface area (Å²) < 4.78 is 5.67. The van der Waals surface area contributed by atoms with E-state index in [9.17, 15) is 0 Å². The summed E-state index contributed by atoms with van der Waals surface area (Å²) in [4.78, 5) is 4.41. The fourth-order valence-electron chi connectivity index (χ4n) is 2.55. The van der Waals surface area contributed by atoms with Crippen LogP contribution in [0.15, 0.2) is 36.7 Å². The summed E-state index contributed by atoms with van der Waals surface area (Å²) >= 11 is 0. The Kier molecular flexibility index (Phi) is 6.64. The van der Waals surface area contributed by atoms with Gasteiger partial charge in [0, 0.05) is 37.0 Å². The zero-order valence-electron chi connectivity index (χ0n) is 13.1. The third-order valence-electron chi connectivity index (χ3n) is 3.61. The first-order valence-corrected chi connectivity index (χ1v) is 8.00. The van der Waals surface area contributed by atoms with Crippen molar-refractivity contribution in [1.82, 2.24) is 10.3 Å². The Bertz CT molecular complexity index is 536. The molecule has 1 atom stereocenters. The van der Waals surface area contributed by atoms with Gasteiger partial charge in [-0.1, -0.05) is 38.1 Å². The molecule has 0 aliphatic rings. The zero-order valence-corrected chi connectivity index (χ0v) is 13.1. The minimum atomic E-state index is 0.306. The number of hydrogen-bond donors (Lipinski definition) is 1. The number of nitrogens with zero attached hydrogens (tertiary/aromatic N) is 1. The number of rotatable bonds is 9. The van der Waals surface area contributed by atoms with E-state index in [0.29, 0.717) is 6.04 Å². The first-order valence-electron chi connectivity index (χ1n) is 8.00. The summed E-state index contributed by atoms with van der Waals surface area (Å²) in [5.41, 5.74) is 1.28. The molecule has 0 fully saturated rings. The van der Waals surface area contributed by atoms with Gasteiger partial charge in [0.25, 0.3) is 0 Å². The van der Waals surface area contributed by atoms with Crippen LogP contribution in [0.25, 0.3) is 10.8 Å². The van der Waals surface area contributed by atoms with Gasteiger partial charge in [-0.25, -0.2) is 0 Å². The van der Waals surface area contributed by atoms with Crippen molar-refractivity contribution in [2.24, 2.45) is 0 Å². The highest BCUT2D eigenvalue weighted by atomic mass is 16.5. The Morgan fingerprint density at radius 1 is 1.10 bits per heavy atom. The van der Waals surface area contributed by atoms with Crippen molar-refractivity contribution in [1.29, 1.82) is 0 Å². The molecule has 0 bridgehead atoms. The zero-order chi connectivity index (χ0) is 14.9. The lowest BCUT2D eigenvalue weighted by Crippen LogP contribution is -2.24. The Balaban J connectivity index is 2.17. The maximum absolute atomic E-state index is 5.67. The molecule has 1 heterocycles. The molecule has 2 rings (SSSR count). The second kappa shape index (κ2) is 8.75. The smallest absolute Gasteiger partial charge is 0.0484 e. The molecule has 3 nitrogen and oxygen atoms in total. The molecule has 0 saturated heterocycles. The average molecular weight is 286 g/mol. The lowest BCUT2D eigenvalue weighted by Gasteiger charge is -2.20. The van der Waals surface area contributed by atoms with E-state index in [2.05, 4.69) is 48.4 Å². The SMILES string of the molecule is CCCNC(CCOCCC)c1cncc2ccccc12. The van der Waals surface area contributed by atoms with Gasteiger partial charge in [-0.2, -0.15) is 0 Å². The Hall–Kier alpha value is -1.45. The van der Waals surface area contributed by atoms with Gasteiger partial charge in [0.05, 0.1) is 0 Å². The van der Waals surface area contributed by atoms with Gasteiger partial charge in [-0.3, -0.25) is 4.98 Å². The van der Waals surface area contributed by atoms with Crippen LogP contribution >= 0.6 is 0 Å². The van der Waals surface area contributed by atoms with E-state index in [1.165, 1.54) is 16.3 Å². The highest BCUT2D eigenvalue weighted by molar-refractivity contribution is 5.85. The predicted molar refractivity (Wildman–Crippen MR) is 88.5 cm³/mol. The number of hydrogen-bond acceptors (Lipinski definition) is 3. The second-order valence-corrected chi connectivity index (χ2v) is 5.36. The molecule has 0 saturated carbocycles. The van der Waals surface area contributed by atoms with Gasteiger partial charge in [-0.05, 0) is 36.8 Å². The monoisotopic (exact) mass is 286 g/mol. The molecule has 1 N–H and O–H groups in total. The van der Waals surface area contributed by atoms with E-state index in [-0.39, 0.29) is 0 Å². The quantitative estimate of drug-likeness (QED) is 0.705. The van der Waals surface area contributed by atoms with Crippen LogP contribution in [-0.2, 0) is 4.74 Å². The number of pyridine rings is 1. The number of fused-ring (bicyclic) bond motifs is 1. The van der Waals surface area contributed by atoms with Gasteiger partial charge in [0.1, 0.15) is 0 Å². The van der Waals surface area contributed by atoms with Crippen molar-refractivity contribution < 1.29 is 4.74 Å². The van der Waals surface area contributed by atoms with Crippen molar-refractivity contribution in [3.63, 3.8) is 0 Å². The van der Waals surface area contributed by atoms with E-state index < -0.39 is 0 Å². The highest BCUT2D eigenvalue weighted by Crippen LogP contribution is 2.25. The van der Waals surface area contributed by atoms with E-state index in [0.717, 1.165) is 39.0 Å². The van der Waals surface area contributed by atoms with E-state index in [1.54, 1.807) is 0 Å². The summed E-state index contributed by atoms with van der Waals surface area (Å²) in [5, 5.41) is 6.12. The summed E-state index contributed by atoms with van der Waals surface area (Å²) in [7, 11) is 0. The number of nitrogens with one attached hydrogen (secondary N) is 1. The number of aromatic nitrogens is 1. The molecule has 1 unspecified atom stereocenters. The van der Waals surface area contributed by atoms with Gasteiger partial charge in [-0.15, -0.1) is 0 Å². The topological polar surface area (TPSA) is 34.1 Å². The molecule has 114 valence electrons. The third-order valence-corrected chi connectivity index (χ3v) is 3.61. The number of ether oxygens (including phenoxy) is 1. The average Bonchev–Trinajstić information content (AvgIpc) is 2.54. The van der Waals surface area contributed by atoms with E-state index in [1.807, 2.05) is 12.4 Å². The second-order valence-electron chi connectivity index (χ2n) is 5.36. The summed E-state index contributed by atoms with van der Waals surface area (Å²) in [6, 6.07) is 8.76. The largest absolute Gasteiger partial charge is 0.381 e. The molecular formula is C18H26N2O. The molecule has 0 aliphatic heterocycles. The first kappa shape index (κ1) is 15.9. The molecule has 2 aromatic rings. The van der Waals surface area contributed by atoms with Crippen LogP contribution in [0.3, 0.4) is 0 Å². The van der Waals surface area contributed by atoms with Crippen LogP contribution in [0, 0.1) is 0 Å². The maximum atomic E-state index is 5.67. The van der Waals surface area contributed by atoms with Gasteiger partial charge in [0.2, 0.25) is 0 Å². The summed E-state index contributed by atoms with van der Waals surface area (Å²) in [6.07, 6.45) is 7.11. The fourth-order valence-corrected chi connectivity index (χ4v) is 2.55. The van der Waals surface area contributed by atoms with Crippen LogP contribution < -0.4 is 5.32 Å². The molecule has 1 aromatic carbocycles. The van der Waals surface area contributed by atoms with Crippen LogP contribution in [0.2, 0.25) is 0 Å². The van der Waals surface area contributed by atoms with Crippen LogP contribution in [0.5, 0.6) is 0 Å². The standard InChI is InChI=1S/C18H26N2O/c1-3-10-20-18(9-12-21-11-4-2)17-14-19-13-15-7-5-6-8-16(15)17/h5-8,13-14,18,20H,3-4,9-12H2,1-2H3. The molecule has 0 amide bonds. The molecule has 1 aromatic heterocycles. The summed E-state index contributed by atoms with van der Waals surface area (Å²) in [6.45, 7) is 6.98. The van der Waals surface area contributed by atoms with Crippen molar-refractivity contribution in [2.75, 3.05) is 19.8 Å². The van der Waals surface area contributed by atoms with Gasteiger partial charge in [0.15, 0.2) is 0 Å². The predicted octanol–water partition coefficient (Wildman–Crippen LogP) is 4.09. The molecule has 3 heteroatoms. The van der Waals surface area contributed by atoms with Crippen LogP contribution in [-0.4, -0.2) is 24.7 Å². The van der Waals surface area contributed by atoms with E-state index in [4.69, 9.17) is 4.74 Å². The molecule has 0 aliphatic carbocycles. The molecule has 21 heavy (non-hydrogen) atoms. The Morgan fingerprint density at radius 3 is 2.76 bits per heavy atom. The first-order chi connectivity index (χ1) is 10.4. The van der Waals surface area contributed by atoms with Crippen molar-refractivity contribution >= 4 is 10.8 Å². The lowest BCUT2D eigenvalue weighted by molar-refractivity contribution is 0.124. The fraction of sp³-hybridized carbons (Fsp3) is 0.500. The molecule has 0 radical (unpaired) electrons. The van der Waals surface area contributed by atoms with Crippen LogP contribution in [0.4, 0.5) is 0 Å². The minimum Gasteiger partial charge on any atom is -0.381 e. The Labute approximate surface area is 127 Å². The van der Waals surface area contributed by atoms with Crippen LogP contribution in [0.1, 0.15) is 44.7 Å². The highest BCUT2D eigenvalue weighted by Gasteiger charge is 2.14. The minimum absolute atomic E-state index is 0.306. The lowest BCUT2D eigenvalue weighted by atomic mass is 9.99. The maximum Gasteiger partial charge on any atom is 0.0484 e. The van der Waals surface area contributed by atoms with Crippen molar-refractivity contribution in [3.05, 3.63) is 42.2 Å².